The Kier molecular flexibility index (Phi) is 5.00. The number of nitrogens with one attached hydrogen (secondary N) is 1. The summed E-state index contributed by atoms with van der Waals surface area (Å²) in [5, 5.41) is 10.6. The van der Waals surface area contributed by atoms with Crippen LogP contribution in [0.5, 0.6) is 0 Å². The molecule has 0 saturated heterocycles. The fraction of sp³-hybridized carbons (Fsp3) is 0.167. The van der Waals surface area contributed by atoms with Crippen molar-refractivity contribution in [3.63, 3.8) is 0 Å². The van der Waals surface area contributed by atoms with Gasteiger partial charge in [-0.2, -0.15) is 18.4 Å². The molecule has 0 heterocycles. The van der Waals surface area contributed by atoms with Crippen LogP contribution in [0.15, 0.2) is 30.0 Å². The van der Waals surface area contributed by atoms with Crippen molar-refractivity contribution >= 4 is 23.3 Å². The van der Waals surface area contributed by atoms with Gasteiger partial charge in [-0.1, -0.05) is 11.6 Å². The van der Waals surface area contributed by atoms with E-state index in [1.807, 2.05) is 0 Å². The predicted molar refractivity (Wildman–Crippen MR) is 65.8 cm³/mol. The number of anilines is 1. The minimum absolute atomic E-state index is 0.0263. The third-order valence-corrected chi connectivity index (χ3v) is 2.51. The number of methoxy groups -OCH3 is 1. The minimum atomic E-state index is -4.60. The van der Waals surface area contributed by atoms with Gasteiger partial charge in [-0.15, -0.1) is 0 Å². The number of nitriles is 1. The van der Waals surface area contributed by atoms with Crippen LogP contribution < -0.4 is 5.32 Å². The van der Waals surface area contributed by atoms with E-state index in [4.69, 9.17) is 16.9 Å². The normalized spacial score (nSPS) is 11.7. The van der Waals surface area contributed by atoms with E-state index in [9.17, 15) is 18.0 Å². The Hall–Kier alpha value is -2.20. The summed E-state index contributed by atoms with van der Waals surface area (Å²) >= 11 is 5.45. The number of carbonyl (C=O) groups is 1. The highest BCUT2D eigenvalue weighted by Crippen LogP contribution is 2.36. The maximum Gasteiger partial charge on any atom is 0.417 e. The molecule has 0 saturated carbocycles. The quantitative estimate of drug-likeness (QED) is 0.528. The van der Waals surface area contributed by atoms with Gasteiger partial charge in [0.05, 0.1) is 17.7 Å². The van der Waals surface area contributed by atoms with Gasteiger partial charge < -0.3 is 10.1 Å². The van der Waals surface area contributed by atoms with Gasteiger partial charge in [-0.05, 0) is 18.2 Å². The lowest BCUT2D eigenvalue weighted by Crippen LogP contribution is -2.07. The third-order valence-electron chi connectivity index (χ3n) is 2.18. The monoisotopic (exact) mass is 304 g/mol. The van der Waals surface area contributed by atoms with Gasteiger partial charge in [0.2, 0.25) is 0 Å². The largest absolute Gasteiger partial charge is 0.465 e. The van der Waals surface area contributed by atoms with E-state index in [1.165, 1.54) is 6.07 Å². The van der Waals surface area contributed by atoms with Gasteiger partial charge in [-0.3, -0.25) is 0 Å². The molecule has 1 N–H and O–H groups in total. The van der Waals surface area contributed by atoms with Crippen molar-refractivity contribution in [3.8, 4) is 6.07 Å². The van der Waals surface area contributed by atoms with E-state index in [1.54, 1.807) is 6.07 Å². The van der Waals surface area contributed by atoms with Crippen molar-refractivity contribution in [2.75, 3.05) is 12.4 Å². The van der Waals surface area contributed by atoms with E-state index >= 15 is 0 Å². The molecule has 1 rings (SSSR count). The highest BCUT2D eigenvalue weighted by Gasteiger charge is 2.33. The third kappa shape index (κ3) is 3.90. The second-order valence-electron chi connectivity index (χ2n) is 3.50. The molecule has 0 spiro atoms. The maximum absolute atomic E-state index is 12.6. The number of ether oxygens (including phenoxy) is 1. The van der Waals surface area contributed by atoms with Crippen LogP contribution >= 0.6 is 11.6 Å². The summed E-state index contributed by atoms with van der Waals surface area (Å²) in [6.45, 7) is 0. The Bertz CT molecular complexity index is 591. The van der Waals surface area contributed by atoms with Crippen molar-refractivity contribution < 1.29 is 22.7 Å². The second-order valence-corrected chi connectivity index (χ2v) is 3.91. The minimum Gasteiger partial charge on any atom is -0.465 e. The average molecular weight is 305 g/mol. The highest BCUT2D eigenvalue weighted by molar-refractivity contribution is 6.31. The summed E-state index contributed by atoms with van der Waals surface area (Å²) in [7, 11) is 1.08. The summed E-state index contributed by atoms with van der Waals surface area (Å²) in [6, 6.07) is 4.66. The van der Waals surface area contributed by atoms with Crippen molar-refractivity contribution in [2.45, 2.75) is 6.18 Å². The van der Waals surface area contributed by atoms with Crippen LogP contribution in [0.2, 0.25) is 5.02 Å². The Morgan fingerprint density at radius 1 is 1.50 bits per heavy atom. The number of alkyl halides is 3. The van der Waals surface area contributed by atoms with Crippen LogP contribution in [0, 0.1) is 11.3 Å². The number of rotatable bonds is 3. The van der Waals surface area contributed by atoms with Gasteiger partial charge in [0.15, 0.2) is 5.57 Å². The zero-order valence-electron chi connectivity index (χ0n) is 10.1. The molecule has 1 aromatic carbocycles. The number of benzene rings is 1. The molecule has 0 atom stereocenters. The summed E-state index contributed by atoms with van der Waals surface area (Å²) < 4.78 is 42.2. The van der Waals surface area contributed by atoms with E-state index in [0.717, 1.165) is 25.4 Å². The molecule has 0 aliphatic rings. The van der Waals surface area contributed by atoms with E-state index in [0.29, 0.717) is 0 Å². The molecule has 0 fully saturated rings. The second kappa shape index (κ2) is 6.30. The summed E-state index contributed by atoms with van der Waals surface area (Å²) in [5.41, 5.74) is -1.37. The highest BCUT2D eigenvalue weighted by atomic mass is 35.5. The molecule has 106 valence electrons. The van der Waals surface area contributed by atoms with Crippen LogP contribution in [-0.2, 0) is 15.7 Å². The standard InChI is InChI=1S/C12H8ClF3N2O2/c1-20-11(19)7(5-17)6-18-8-2-3-10(13)9(4-8)12(14,15)16/h2-4,6,18H,1H3. The van der Waals surface area contributed by atoms with E-state index in [2.05, 4.69) is 10.1 Å². The SMILES string of the molecule is COC(=O)C(C#N)=CNc1ccc(Cl)c(C(F)(F)F)c1. The first-order valence-electron chi connectivity index (χ1n) is 5.11. The first kappa shape index (κ1) is 15.9. The van der Waals surface area contributed by atoms with Crippen LogP contribution in [0.25, 0.3) is 0 Å². The Labute approximate surface area is 117 Å². The molecule has 1 aromatic rings. The van der Waals surface area contributed by atoms with Crippen molar-refractivity contribution in [1.82, 2.24) is 0 Å². The van der Waals surface area contributed by atoms with E-state index in [-0.39, 0.29) is 11.3 Å². The van der Waals surface area contributed by atoms with Crippen LogP contribution in [0.4, 0.5) is 18.9 Å². The van der Waals surface area contributed by atoms with Crippen molar-refractivity contribution in [3.05, 3.63) is 40.6 Å². The number of carbonyl (C=O) groups excluding carboxylic acids is 1. The molecule has 0 radical (unpaired) electrons. The zero-order chi connectivity index (χ0) is 15.3. The van der Waals surface area contributed by atoms with Gasteiger partial charge in [0, 0.05) is 11.9 Å². The Balaban J connectivity index is 3.04. The number of nitrogens with zero attached hydrogens (tertiary/aromatic N) is 1. The first-order chi connectivity index (χ1) is 9.29. The molecular formula is C12H8ClF3N2O2. The Morgan fingerprint density at radius 3 is 2.65 bits per heavy atom. The van der Waals surface area contributed by atoms with Crippen LogP contribution in [-0.4, -0.2) is 13.1 Å². The molecule has 0 aromatic heterocycles. The van der Waals surface area contributed by atoms with Crippen LogP contribution in [0.1, 0.15) is 5.56 Å². The number of esters is 1. The molecule has 20 heavy (non-hydrogen) atoms. The van der Waals surface area contributed by atoms with Gasteiger partial charge >= 0.3 is 12.1 Å². The lowest BCUT2D eigenvalue weighted by Gasteiger charge is -2.10. The Morgan fingerprint density at radius 2 is 2.15 bits per heavy atom. The van der Waals surface area contributed by atoms with Gasteiger partial charge in [-0.25, -0.2) is 4.79 Å². The lowest BCUT2D eigenvalue weighted by molar-refractivity contribution is -0.137. The smallest absolute Gasteiger partial charge is 0.417 e. The molecule has 8 heteroatoms. The number of hydrogen-bond donors (Lipinski definition) is 1. The molecular weight excluding hydrogens is 297 g/mol. The van der Waals surface area contributed by atoms with Crippen molar-refractivity contribution in [2.24, 2.45) is 0 Å². The van der Waals surface area contributed by atoms with Crippen LogP contribution in [0.3, 0.4) is 0 Å². The molecule has 4 nitrogen and oxygen atoms in total. The van der Waals surface area contributed by atoms with Gasteiger partial charge in [0.1, 0.15) is 6.07 Å². The first-order valence-corrected chi connectivity index (χ1v) is 5.49. The van der Waals surface area contributed by atoms with E-state index < -0.39 is 22.7 Å². The number of hydrogen-bond acceptors (Lipinski definition) is 4. The molecule has 0 amide bonds. The fourth-order valence-electron chi connectivity index (χ4n) is 1.23. The lowest BCUT2D eigenvalue weighted by atomic mass is 10.2. The molecule has 0 unspecified atom stereocenters. The summed E-state index contributed by atoms with van der Waals surface area (Å²) in [5.74, 6) is -0.898. The number of halogens is 4. The zero-order valence-corrected chi connectivity index (χ0v) is 10.8. The predicted octanol–water partition coefficient (Wildman–Crippen LogP) is 3.35. The fourth-order valence-corrected chi connectivity index (χ4v) is 1.46. The van der Waals surface area contributed by atoms with Gasteiger partial charge in [0.25, 0.3) is 0 Å². The molecule has 0 bridgehead atoms. The summed E-state index contributed by atoms with van der Waals surface area (Å²) in [4.78, 5) is 11.1. The topological polar surface area (TPSA) is 62.1 Å². The average Bonchev–Trinajstić information content (AvgIpc) is 2.39. The maximum atomic E-state index is 12.6. The molecule has 0 aliphatic carbocycles. The summed E-state index contributed by atoms with van der Waals surface area (Å²) in [6.07, 6.45) is -3.64. The molecule has 0 aliphatic heterocycles. The van der Waals surface area contributed by atoms with Crippen molar-refractivity contribution in [1.29, 1.82) is 5.26 Å².